The van der Waals surface area contributed by atoms with Gasteiger partial charge in [0, 0.05) is 10.7 Å². The van der Waals surface area contributed by atoms with Gasteiger partial charge < -0.3 is 5.11 Å². The molecule has 0 fully saturated rings. The molecular formula is C13H12BrN3O3. The molecule has 104 valence electrons. The van der Waals surface area contributed by atoms with Gasteiger partial charge in [-0.15, -0.1) is 0 Å². The van der Waals surface area contributed by atoms with Gasteiger partial charge in [-0.3, -0.25) is 19.8 Å². The standard InChI is InChI=1S/C13H12BrN3O3/c1-7(8-2-4-9(14)5-3-8)15-6-10-11(18)16-13(20)17-12(10)19/h2-7H,1H3,(H3,16,17,18,19,20). The Balaban J connectivity index is 2.28. The molecule has 0 aliphatic rings. The fraction of sp³-hybridized carbons (Fsp3) is 0.154. The molecular weight excluding hydrogens is 326 g/mol. The number of rotatable bonds is 3. The van der Waals surface area contributed by atoms with E-state index in [9.17, 15) is 14.7 Å². The molecule has 3 N–H and O–H groups in total. The van der Waals surface area contributed by atoms with E-state index in [-0.39, 0.29) is 11.6 Å². The van der Waals surface area contributed by atoms with Crippen molar-refractivity contribution < 1.29 is 5.11 Å². The smallest absolute Gasteiger partial charge is 0.328 e. The van der Waals surface area contributed by atoms with Crippen LogP contribution in [0.4, 0.5) is 0 Å². The van der Waals surface area contributed by atoms with E-state index in [4.69, 9.17) is 0 Å². The quantitative estimate of drug-likeness (QED) is 0.743. The summed E-state index contributed by atoms with van der Waals surface area (Å²) in [5.74, 6) is -0.495. The molecule has 2 rings (SSSR count). The fourth-order valence-electron chi connectivity index (χ4n) is 1.62. The first kappa shape index (κ1) is 14.3. The van der Waals surface area contributed by atoms with E-state index in [0.29, 0.717) is 0 Å². The molecule has 0 aliphatic heterocycles. The summed E-state index contributed by atoms with van der Waals surface area (Å²) in [5.41, 5.74) is -0.554. The van der Waals surface area contributed by atoms with Crippen LogP contribution >= 0.6 is 15.9 Å². The number of nitrogens with one attached hydrogen (secondary N) is 2. The molecule has 1 aromatic heterocycles. The number of aromatic amines is 2. The molecule has 7 heteroatoms. The van der Waals surface area contributed by atoms with Crippen LogP contribution in [0.1, 0.15) is 24.1 Å². The Hall–Kier alpha value is -2.15. The van der Waals surface area contributed by atoms with Gasteiger partial charge in [-0.05, 0) is 24.6 Å². The topological polar surface area (TPSA) is 98.3 Å². The van der Waals surface area contributed by atoms with Crippen LogP contribution in [0, 0.1) is 0 Å². The Labute approximate surface area is 122 Å². The zero-order valence-electron chi connectivity index (χ0n) is 10.6. The van der Waals surface area contributed by atoms with Gasteiger partial charge in [0.1, 0.15) is 5.56 Å². The van der Waals surface area contributed by atoms with Crippen molar-refractivity contribution in [2.45, 2.75) is 13.0 Å². The van der Waals surface area contributed by atoms with Crippen molar-refractivity contribution in [2.75, 3.05) is 0 Å². The highest BCUT2D eigenvalue weighted by Crippen LogP contribution is 2.19. The lowest BCUT2D eigenvalue weighted by atomic mass is 10.1. The first-order chi connectivity index (χ1) is 9.47. The minimum Gasteiger partial charge on any atom is -0.494 e. The number of aromatic hydroxyl groups is 1. The molecule has 1 atom stereocenters. The molecule has 0 radical (unpaired) electrons. The van der Waals surface area contributed by atoms with Crippen molar-refractivity contribution in [2.24, 2.45) is 4.99 Å². The third-order valence-electron chi connectivity index (χ3n) is 2.74. The van der Waals surface area contributed by atoms with Gasteiger partial charge in [0.15, 0.2) is 0 Å². The molecule has 0 amide bonds. The van der Waals surface area contributed by atoms with Crippen molar-refractivity contribution >= 4 is 22.1 Å². The fourth-order valence-corrected chi connectivity index (χ4v) is 1.88. The minimum atomic E-state index is -0.759. The van der Waals surface area contributed by atoms with Crippen LogP contribution in [-0.4, -0.2) is 21.3 Å². The summed E-state index contributed by atoms with van der Waals surface area (Å²) in [4.78, 5) is 30.8. The zero-order chi connectivity index (χ0) is 14.7. The average molecular weight is 338 g/mol. The minimum absolute atomic E-state index is 0.0754. The summed E-state index contributed by atoms with van der Waals surface area (Å²) in [6.07, 6.45) is 1.25. The third-order valence-corrected chi connectivity index (χ3v) is 3.27. The number of nitrogens with zero attached hydrogens (tertiary/aromatic N) is 1. The van der Waals surface area contributed by atoms with Gasteiger partial charge in [0.05, 0.1) is 6.04 Å². The van der Waals surface area contributed by atoms with E-state index in [1.165, 1.54) is 6.21 Å². The second-order valence-corrected chi connectivity index (χ2v) is 5.09. The summed E-state index contributed by atoms with van der Waals surface area (Å²) in [6, 6.07) is 7.41. The molecule has 2 aromatic rings. The van der Waals surface area contributed by atoms with Crippen molar-refractivity contribution in [3.8, 4) is 5.88 Å². The van der Waals surface area contributed by atoms with Gasteiger partial charge >= 0.3 is 5.69 Å². The van der Waals surface area contributed by atoms with Crippen LogP contribution in [0.25, 0.3) is 0 Å². The molecule has 1 unspecified atom stereocenters. The Kier molecular flexibility index (Phi) is 4.19. The maximum atomic E-state index is 11.5. The van der Waals surface area contributed by atoms with Gasteiger partial charge in [0.2, 0.25) is 5.88 Å². The van der Waals surface area contributed by atoms with Crippen molar-refractivity contribution in [1.82, 2.24) is 9.97 Å². The number of H-pyrrole nitrogens is 2. The van der Waals surface area contributed by atoms with Gasteiger partial charge in [0.25, 0.3) is 5.56 Å². The predicted octanol–water partition coefficient (Wildman–Crippen LogP) is 1.71. The van der Waals surface area contributed by atoms with E-state index in [0.717, 1.165) is 10.0 Å². The Morgan fingerprint density at radius 3 is 2.50 bits per heavy atom. The second kappa shape index (κ2) is 5.87. The number of aliphatic imine (C=N–C) groups is 1. The first-order valence-corrected chi connectivity index (χ1v) is 6.61. The monoisotopic (exact) mass is 337 g/mol. The molecule has 6 nitrogen and oxygen atoms in total. The third kappa shape index (κ3) is 3.24. The SMILES string of the molecule is CC(N=Cc1c(O)[nH]c(=O)[nH]c1=O)c1ccc(Br)cc1. The first-order valence-electron chi connectivity index (χ1n) is 5.81. The summed E-state index contributed by atoms with van der Waals surface area (Å²) in [5, 5.41) is 9.52. The highest BCUT2D eigenvalue weighted by molar-refractivity contribution is 9.10. The Morgan fingerprint density at radius 2 is 1.90 bits per heavy atom. The van der Waals surface area contributed by atoms with Crippen molar-refractivity contribution in [3.05, 3.63) is 60.7 Å². The largest absolute Gasteiger partial charge is 0.494 e. The lowest BCUT2D eigenvalue weighted by Crippen LogP contribution is -2.24. The molecule has 20 heavy (non-hydrogen) atoms. The van der Waals surface area contributed by atoms with Crippen LogP contribution in [0.15, 0.2) is 43.3 Å². The Morgan fingerprint density at radius 1 is 1.25 bits per heavy atom. The second-order valence-electron chi connectivity index (χ2n) is 4.18. The lowest BCUT2D eigenvalue weighted by Gasteiger charge is -2.06. The maximum Gasteiger partial charge on any atom is 0.328 e. The number of hydrogen-bond donors (Lipinski definition) is 3. The molecule has 0 spiro atoms. The lowest BCUT2D eigenvalue weighted by molar-refractivity contribution is 0.447. The normalized spacial score (nSPS) is 12.7. The van der Waals surface area contributed by atoms with E-state index in [1.807, 2.05) is 36.2 Å². The highest BCUT2D eigenvalue weighted by Gasteiger charge is 2.07. The molecule has 1 heterocycles. The summed E-state index contributed by atoms with van der Waals surface area (Å²) >= 11 is 3.35. The van der Waals surface area contributed by atoms with E-state index >= 15 is 0 Å². The van der Waals surface area contributed by atoms with Crippen molar-refractivity contribution in [1.29, 1.82) is 0 Å². The van der Waals surface area contributed by atoms with Crippen LogP contribution in [0.5, 0.6) is 5.88 Å². The van der Waals surface area contributed by atoms with E-state index in [1.54, 1.807) is 0 Å². The highest BCUT2D eigenvalue weighted by atomic mass is 79.9. The number of halogens is 1. The summed E-state index contributed by atoms with van der Waals surface area (Å²) < 4.78 is 0.965. The van der Waals surface area contributed by atoms with Crippen molar-refractivity contribution in [3.63, 3.8) is 0 Å². The molecule has 0 saturated heterocycles. The number of benzene rings is 1. The van der Waals surface area contributed by atoms with Crippen LogP contribution in [0.3, 0.4) is 0 Å². The van der Waals surface area contributed by atoms with Crippen LogP contribution < -0.4 is 11.2 Å². The number of aromatic nitrogens is 2. The van der Waals surface area contributed by atoms with Gasteiger partial charge in [-0.1, -0.05) is 28.1 Å². The van der Waals surface area contributed by atoms with Crippen LogP contribution in [-0.2, 0) is 0 Å². The van der Waals surface area contributed by atoms with Crippen LogP contribution in [0.2, 0.25) is 0 Å². The molecule has 0 bridgehead atoms. The predicted molar refractivity (Wildman–Crippen MR) is 79.5 cm³/mol. The summed E-state index contributed by atoms with van der Waals surface area (Å²) in [7, 11) is 0. The van der Waals surface area contributed by atoms with Gasteiger partial charge in [-0.25, -0.2) is 4.79 Å². The molecule has 1 aromatic carbocycles. The number of hydrogen-bond acceptors (Lipinski definition) is 4. The summed E-state index contributed by atoms with van der Waals surface area (Å²) in [6.45, 7) is 1.86. The van der Waals surface area contributed by atoms with Gasteiger partial charge in [-0.2, -0.15) is 0 Å². The van der Waals surface area contributed by atoms with E-state index < -0.39 is 17.1 Å². The average Bonchev–Trinajstić information content (AvgIpc) is 2.38. The molecule has 0 aliphatic carbocycles. The maximum absolute atomic E-state index is 11.5. The molecule has 0 saturated carbocycles. The zero-order valence-corrected chi connectivity index (χ0v) is 12.1. The van der Waals surface area contributed by atoms with E-state index in [2.05, 4.69) is 25.9 Å². The Bertz CT molecular complexity index is 747.